The van der Waals surface area contributed by atoms with Gasteiger partial charge in [0.1, 0.15) is 23.7 Å². The Labute approximate surface area is 161 Å². The molecule has 0 bridgehead atoms. The van der Waals surface area contributed by atoms with Crippen molar-refractivity contribution in [2.45, 2.75) is 13.5 Å². The Hall–Kier alpha value is -3.61. The molecule has 6 nitrogen and oxygen atoms in total. The number of hydrogen-bond donors (Lipinski definition) is 1. The number of nitrogens with zero attached hydrogens (tertiary/aromatic N) is 1. The monoisotopic (exact) mass is 382 g/mol. The maximum atomic E-state index is 13.2. The lowest BCUT2D eigenvalue weighted by Gasteiger charge is -2.12. The summed E-state index contributed by atoms with van der Waals surface area (Å²) in [6.45, 7) is 2.26. The van der Waals surface area contributed by atoms with Crippen molar-refractivity contribution in [2.75, 3.05) is 11.9 Å². The summed E-state index contributed by atoms with van der Waals surface area (Å²) in [5.41, 5.74) is 0.315. The minimum absolute atomic E-state index is 0.0179. The molecule has 28 heavy (non-hydrogen) atoms. The largest absolute Gasteiger partial charge is 0.492 e. The zero-order valence-corrected chi connectivity index (χ0v) is 15.2. The van der Waals surface area contributed by atoms with E-state index >= 15 is 0 Å². The van der Waals surface area contributed by atoms with E-state index in [9.17, 15) is 14.0 Å². The highest BCUT2D eigenvalue weighted by Crippen LogP contribution is 2.23. The van der Waals surface area contributed by atoms with Gasteiger partial charge in [-0.25, -0.2) is 4.39 Å². The Kier molecular flexibility index (Phi) is 6.06. The summed E-state index contributed by atoms with van der Waals surface area (Å²) in [5, 5.41) is 2.68. The highest BCUT2D eigenvalue weighted by atomic mass is 19.1. The summed E-state index contributed by atoms with van der Waals surface area (Å²) in [6, 6.07) is 15.7. The number of halogens is 1. The minimum Gasteiger partial charge on any atom is -0.492 e. The molecule has 7 heteroatoms. The van der Waals surface area contributed by atoms with Crippen molar-refractivity contribution in [3.05, 3.63) is 94.2 Å². The smallest absolute Gasteiger partial charge is 0.295 e. The second kappa shape index (κ2) is 8.85. The molecular formula is C21H19FN2O4. The van der Waals surface area contributed by atoms with Crippen molar-refractivity contribution >= 4 is 11.6 Å². The van der Waals surface area contributed by atoms with Crippen LogP contribution in [0.1, 0.15) is 22.8 Å². The summed E-state index contributed by atoms with van der Waals surface area (Å²) < 4.78 is 19.7. The van der Waals surface area contributed by atoms with E-state index in [1.165, 1.54) is 30.5 Å². The van der Waals surface area contributed by atoms with Gasteiger partial charge in [0.05, 0.1) is 12.3 Å². The molecule has 1 heterocycles. The van der Waals surface area contributed by atoms with Crippen LogP contribution in [-0.4, -0.2) is 17.2 Å². The van der Waals surface area contributed by atoms with E-state index in [1.54, 1.807) is 36.4 Å². The maximum Gasteiger partial charge on any atom is 0.295 e. The Morgan fingerprint density at radius 2 is 1.93 bits per heavy atom. The number of rotatable bonds is 7. The van der Waals surface area contributed by atoms with Crippen molar-refractivity contribution in [3.63, 3.8) is 0 Å². The number of carbonyl (C=O) groups is 1. The summed E-state index contributed by atoms with van der Waals surface area (Å²) in [6.07, 6.45) is 1.40. The first-order chi connectivity index (χ1) is 13.6. The molecular weight excluding hydrogens is 363 g/mol. The lowest BCUT2D eigenvalue weighted by Crippen LogP contribution is -2.32. The van der Waals surface area contributed by atoms with Crippen molar-refractivity contribution in [2.24, 2.45) is 0 Å². The third kappa shape index (κ3) is 4.56. The van der Waals surface area contributed by atoms with Gasteiger partial charge in [-0.15, -0.1) is 0 Å². The number of benzene rings is 2. The van der Waals surface area contributed by atoms with Crippen molar-refractivity contribution < 1.29 is 18.8 Å². The zero-order chi connectivity index (χ0) is 19.9. The lowest BCUT2D eigenvalue weighted by atomic mass is 10.2. The van der Waals surface area contributed by atoms with E-state index in [0.29, 0.717) is 23.6 Å². The minimum atomic E-state index is -0.620. The van der Waals surface area contributed by atoms with Crippen molar-refractivity contribution in [1.29, 1.82) is 0 Å². The molecule has 0 aliphatic heterocycles. The normalized spacial score (nSPS) is 10.4. The number of para-hydroxylation sites is 2. The Balaban J connectivity index is 1.77. The van der Waals surface area contributed by atoms with Crippen LogP contribution in [0.25, 0.3) is 0 Å². The van der Waals surface area contributed by atoms with Crippen LogP contribution in [0.5, 0.6) is 5.75 Å². The standard InChI is InChI=1S/C21H19FN2O4/c1-2-27-19-11-4-3-10-18(19)23-20(25)17-9-6-12-24(21(17)26)28-14-15-7-5-8-16(22)13-15/h3-13H,2,14H2,1H3,(H,23,25). The van der Waals surface area contributed by atoms with Gasteiger partial charge in [0.2, 0.25) is 0 Å². The average Bonchev–Trinajstić information content (AvgIpc) is 2.69. The number of ether oxygens (including phenoxy) is 1. The summed E-state index contributed by atoms with van der Waals surface area (Å²) in [7, 11) is 0. The fraction of sp³-hybridized carbons (Fsp3) is 0.143. The Morgan fingerprint density at radius 1 is 1.11 bits per heavy atom. The van der Waals surface area contributed by atoms with Crippen LogP contribution in [0.4, 0.5) is 10.1 Å². The summed E-state index contributed by atoms with van der Waals surface area (Å²) >= 11 is 0. The quantitative estimate of drug-likeness (QED) is 0.681. The summed E-state index contributed by atoms with van der Waals surface area (Å²) in [5.74, 6) is -0.465. The number of amides is 1. The lowest BCUT2D eigenvalue weighted by molar-refractivity contribution is 0.0862. The molecule has 1 amide bonds. The molecule has 3 rings (SSSR count). The van der Waals surface area contributed by atoms with E-state index in [1.807, 2.05) is 6.92 Å². The molecule has 2 aromatic carbocycles. The third-order valence-corrected chi connectivity index (χ3v) is 3.85. The molecule has 0 aliphatic rings. The molecule has 3 aromatic rings. The molecule has 0 spiro atoms. The van der Waals surface area contributed by atoms with Gasteiger partial charge >= 0.3 is 0 Å². The third-order valence-electron chi connectivity index (χ3n) is 3.85. The van der Waals surface area contributed by atoms with E-state index in [0.717, 1.165) is 4.73 Å². The van der Waals surface area contributed by atoms with Gasteiger partial charge in [0.25, 0.3) is 11.5 Å². The predicted molar refractivity (Wildman–Crippen MR) is 103 cm³/mol. The number of pyridine rings is 1. The van der Waals surface area contributed by atoms with Crippen LogP contribution in [0.3, 0.4) is 0 Å². The number of carbonyl (C=O) groups excluding carboxylic acids is 1. The molecule has 0 saturated heterocycles. The van der Waals surface area contributed by atoms with E-state index in [2.05, 4.69) is 5.32 Å². The SMILES string of the molecule is CCOc1ccccc1NC(=O)c1cccn(OCc2cccc(F)c2)c1=O. The molecule has 0 fully saturated rings. The fourth-order valence-corrected chi connectivity index (χ4v) is 2.56. The van der Waals surface area contributed by atoms with E-state index in [4.69, 9.17) is 9.57 Å². The summed E-state index contributed by atoms with van der Waals surface area (Å²) in [4.78, 5) is 30.6. The van der Waals surface area contributed by atoms with Crippen LogP contribution >= 0.6 is 0 Å². The van der Waals surface area contributed by atoms with Gasteiger partial charge in [-0.1, -0.05) is 24.3 Å². The number of hydrogen-bond acceptors (Lipinski definition) is 4. The van der Waals surface area contributed by atoms with Crippen LogP contribution in [0.15, 0.2) is 71.7 Å². The van der Waals surface area contributed by atoms with Crippen molar-refractivity contribution in [1.82, 2.24) is 4.73 Å². The topological polar surface area (TPSA) is 69.6 Å². The first-order valence-corrected chi connectivity index (χ1v) is 8.71. The first-order valence-electron chi connectivity index (χ1n) is 8.71. The molecule has 1 N–H and O–H groups in total. The molecule has 0 atom stereocenters. The van der Waals surface area contributed by atoms with Gasteiger partial charge < -0.3 is 14.9 Å². The number of nitrogens with one attached hydrogen (secondary N) is 1. The Morgan fingerprint density at radius 3 is 2.71 bits per heavy atom. The van der Waals surface area contributed by atoms with Gasteiger partial charge in [0, 0.05) is 6.20 Å². The van der Waals surface area contributed by atoms with Gasteiger partial charge in [0.15, 0.2) is 0 Å². The molecule has 0 aliphatic carbocycles. The fourth-order valence-electron chi connectivity index (χ4n) is 2.56. The number of anilines is 1. The maximum absolute atomic E-state index is 13.2. The van der Waals surface area contributed by atoms with Gasteiger partial charge in [-0.3, -0.25) is 9.59 Å². The van der Waals surface area contributed by atoms with Crippen LogP contribution in [0, 0.1) is 5.82 Å². The van der Waals surface area contributed by atoms with Crippen molar-refractivity contribution in [3.8, 4) is 5.75 Å². The van der Waals surface area contributed by atoms with E-state index < -0.39 is 17.3 Å². The van der Waals surface area contributed by atoms with Gasteiger partial charge in [-0.05, 0) is 48.9 Å². The predicted octanol–water partition coefficient (Wildman–Crippen LogP) is 3.27. The molecule has 0 radical (unpaired) electrons. The molecule has 1 aromatic heterocycles. The van der Waals surface area contributed by atoms with Crippen LogP contribution in [-0.2, 0) is 6.61 Å². The highest BCUT2D eigenvalue weighted by Gasteiger charge is 2.15. The van der Waals surface area contributed by atoms with Crippen LogP contribution in [0.2, 0.25) is 0 Å². The second-order valence-electron chi connectivity index (χ2n) is 5.84. The zero-order valence-electron chi connectivity index (χ0n) is 15.2. The molecule has 0 saturated carbocycles. The number of aromatic nitrogens is 1. The highest BCUT2D eigenvalue weighted by molar-refractivity contribution is 6.04. The van der Waals surface area contributed by atoms with E-state index in [-0.39, 0.29) is 12.2 Å². The average molecular weight is 382 g/mol. The molecule has 0 unspecified atom stereocenters. The molecule has 144 valence electrons. The first kappa shape index (κ1) is 19.2. The second-order valence-corrected chi connectivity index (χ2v) is 5.84. The van der Waals surface area contributed by atoms with Crippen LogP contribution < -0.4 is 20.5 Å². The Bertz CT molecular complexity index is 1030. The van der Waals surface area contributed by atoms with Gasteiger partial charge in [-0.2, -0.15) is 4.73 Å².